The lowest BCUT2D eigenvalue weighted by Crippen LogP contribution is -1.89. The van der Waals surface area contributed by atoms with Gasteiger partial charge >= 0.3 is 0 Å². The zero-order valence-electron chi connectivity index (χ0n) is 9.11. The monoisotopic (exact) mass is 288 g/mol. The highest BCUT2D eigenvalue weighted by Crippen LogP contribution is 2.27. The SMILES string of the molecule is Cc1ccc(Br)cc1-c1cc(C#N)c(O)cn1. The number of aromatic nitrogens is 1. The predicted molar refractivity (Wildman–Crippen MR) is 68.5 cm³/mol. The van der Waals surface area contributed by atoms with E-state index in [9.17, 15) is 5.11 Å². The first kappa shape index (κ1) is 11.6. The number of pyridine rings is 1. The Morgan fingerprint density at radius 3 is 2.82 bits per heavy atom. The highest BCUT2D eigenvalue weighted by Gasteiger charge is 2.08. The van der Waals surface area contributed by atoms with Gasteiger partial charge < -0.3 is 5.11 Å². The molecule has 0 saturated carbocycles. The molecule has 0 radical (unpaired) electrons. The van der Waals surface area contributed by atoms with Crippen molar-refractivity contribution < 1.29 is 5.11 Å². The van der Waals surface area contributed by atoms with Crippen LogP contribution in [-0.4, -0.2) is 10.1 Å². The van der Waals surface area contributed by atoms with E-state index in [1.165, 1.54) is 6.20 Å². The third-order valence-electron chi connectivity index (χ3n) is 2.48. The van der Waals surface area contributed by atoms with Crippen LogP contribution in [0.2, 0.25) is 0 Å². The Balaban J connectivity index is 2.61. The van der Waals surface area contributed by atoms with Crippen molar-refractivity contribution in [1.82, 2.24) is 4.98 Å². The van der Waals surface area contributed by atoms with Crippen molar-refractivity contribution in [3.63, 3.8) is 0 Å². The van der Waals surface area contributed by atoms with Gasteiger partial charge in [0.05, 0.1) is 17.5 Å². The average molecular weight is 289 g/mol. The normalized spacial score (nSPS) is 9.94. The van der Waals surface area contributed by atoms with E-state index in [1.807, 2.05) is 31.2 Å². The Morgan fingerprint density at radius 2 is 2.12 bits per heavy atom. The number of nitriles is 1. The lowest BCUT2D eigenvalue weighted by Gasteiger charge is -2.06. The number of nitrogens with zero attached hydrogens (tertiary/aromatic N) is 2. The second-order valence-corrected chi connectivity index (χ2v) is 4.57. The fraction of sp³-hybridized carbons (Fsp3) is 0.0769. The fourth-order valence-electron chi connectivity index (χ4n) is 1.56. The van der Waals surface area contributed by atoms with Gasteiger partial charge in [0.25, 0.3) is 0 Å². The van der Waals surface area contributed by atoms with Crippen LogP contribution in [0, 0.1) is 18.3 Å². The molecule has 0 saturated heterocycles. The second-order valence-electron chi connectivity index (χ2n) is 3.66. The van der Waals surface area contributed by atoms with Gasteiger partial charge in [-0.1, -0.05) is 22.0 Å². The lowest BCUT2D eigenvalue weighted by atomic mass is 10.0. The Labute approximate surface area is 107 Å². The molecule has 0 aliphatic carbocycles. The highest BCUT2D eigenvalue weighted by atomic mass is 79.9. The second kappa shape index (κ2) is 4.56. The number of benzene rings is 1. The van der Waals surface area contributed by atoms with Gasteiger partial charge in [-0.25, -0.2) is 0 Å². The van der Waals surface area contributed by atoms with Crippen LogP contribution in [0.3, 0.4) is 0 Å². The van der Waals surface area contributed by atoms with E-state index in [4.69, 9.17) is 5.26 Å². The summed E-state index contributed by atoms with van der Waals surface area (Å²) < 4.78 is 0.950. The van der Waals surface area contributed by atoms with Crippen molar-refractivity contribution >= 4 is 15.9 Å². The molecule has 3 nitrogen and oxygen atoms in total. The van der Waals surface area contributed by atoms with E-state index in [2.05, 4.69) is 20.9 Å². The molecule has 84 valence electrons. The molecule has 0 aliphatic rings. The number of aryl methyl sites for hydroxylation is 1. The zero-order valence-corrected chi connectivity index (χ0v) is 10.7. The van der Waals surface area contributed by atoms with Gasteiger partial charge in [0, 0.05) is 10.0 Å². The summed E-state index contributed by atoms with van der Waals surface area (Å²) in [6.07, 6.45) is 1.30. The lowest BCUT2D eigenvalue weighted by molar-refractivity contribution is 0.471. The van der Waals surface area contributed by atoms with Gasteiger partial charge in [0.2, 0.25) is 0 Å². The molecule has 0 bridgehead atoms. The van der Waals surface area contributed by atoms with Crippen LogP contribution in [0.15, 0.2) is 34.9 Å². The van der Waals surface area contributed by atoms with Crippen molar-refractivity contribution in [3.8, 4) is 23.1 Å². The summed E-state index contributed by atoms with van der Waals surface area (Å²) in [5.41, 5.74) is 2.92. The van der Waals surface area contributed by atoms with E-state index in [1.54, 1.807) is 6.07 Å². The Bertz CT molecular complexity index is 617. The topological polar surface area (TPSA) is 56.9 Å². The first-order valence-electron chi connectivity index (χ1n) is 4.97. The van der Waals surface area contributed by atoms with E-state index >= 15 is 0 Å². The maximum absolute atomic E-state index is 9.41. The minimum atomic E-state index is -0.0936. The molecule has 0 fully saturated rings. The minimum Gasteiger partial charge on any atom is -0.505 e. The molecule has 1 N–H and O–H groups in total. The summed E-state index contributed by atoms with van der Waals surface area (Å²) in [5, 5.41) is 18.3. The maximum Gasteiger partial charge on any atom is 0.151 e. The summed E-state index contributed by atoms with van der Waals surface area (Å²) in [5.74, 6) is -0.0936. The van der Waals surface area contributed by atoms with Crippen molar-refractivity contribution in [2.75, 3.05) is 0 Å². The van der Waals surface area contributed by atoms with Gasteiger partial charge in [0.1, 0.15) is 6.07 Å². The van der Waals surface area contributed by atoms with Gasteiger partial charge in [0.15, 0.2) is 5.75 Å². The van der Waals surface area contributed by atoms with Crippen LogP contribution in [0.5, 0.6) is 5.75 Å². The number of rotatable bonds is 1. The molecule has 2 aromatic rings. The van der Waals surface area contributed by atoms with Crippen molar-refractivity contribution in [1.29, 1.82) is 5.26 Å². The van der Waals surface area contributed by atoms with Crippen LogP contribution in [-0.2, 0) is 0 Å². The minimum absolute atomic E-state index is 0.0936. The van der Waals surface area contributed by atoms with Crippen LogP contribution < -0.4 is 0 Å². The molecule has 0 aliphatic heterocycles. The van der Waals surface area contributed by atoms with Crippen LogP contribution in [0.25, 0.3) is 11.3 Å². The summed E-state index contributed by atoms with van der Waals surface area (Å²) in [6.45, 7) is 1.97. The third-order valence-corrected chi connectivity index (χ3v) is 2.97. The summed E-state index contributed by atoms with van der Waals surface area (Å²) in [4.78, 5) is 4.14. The Morgan fingerprint density at radius 1 is 1.35 bits per heavy atom. The third kappa shape index (κ3) is 2.29. The van der Waals surface area contributed by atoms with Crippen LogP contribution in [0.4, 0.5) is 0 Å². The standard InChI is InChI=1S/C13H9BrN2O/c1-8-2-3-10(14)5-11(8)12-4-9(6-15)13(17)7-16-12/h2-5,7,17H,1H3. The Hall–Kier alpha value is -1.86. The Kier molecular flexibility index (Phi) is 3.12. The predicted octanol–water partition coefficient (Wildman–Crippen LogP) is 3.40. The highest BCUT2D eigenvalue weighted by molar-refractivity contribution is 9.10. The molecule has 4 heteroatoms. The fourth-order valence-corrected chi connectivity index (χ4v) is 1.92. The average Bonchev–Trinajstić information content (AvgIpc) is 2.33. The zero-order chi connectivity index (χ0) is 12.4. The van der Waals surface area contributed by atoms with E-state index in [-0.39, 0.29) is 11.3 Å². The molecule has 2 rings (SSSR count). The molecule has 1 aromatic heterocycles. The molecule has 0 atom stereocenters. The molecule has 0 spiro atoms. The first-order valence-corrected chi connectivity index (χ1v) is 5.77. The van der Waals surface area contributed by atoms with Crippen molar-refractivity contribution in [2.45, 2.75) is 6.92 Å². The summed E-state index contributed by atoms with van der Waals surface area (Å²) in [7, 11) is 0. The van der Waals surface area contributed by atoms with E-state index in [0.29, 0.717) is 5.69 Å². The van der Waals surface area contributed by atoms with Gasteiger partial charge in [-0.3, -0.25) is 4.98 Å². The summed E-state index contributed by atoms with van der Waals surface area (Å²) in [6, 6.07) is 9.39. The van der Waals surface area contributed by atoms with Gasteiger partial charge in [-0.15, -0.1) is 0 Å². The summed E-state index contributed by atoms with van der Waals surface area (Å²) >= 11 is 3.40. The molecule has 0 amide bonds. The molecule has 17 heavy (non-hydrogen) atoms. The molecular formula is C13H9BrN2O. The smallest absolute Gasteiger partial charge is 0.151 e. The quantitative estimate of drug-likeness (QED) is 0.875. The van der Waals surface area contributed by atoms with E-state index in [0.717, 1.165) is 15.6 Å². The first-order chi connectivity index (χ1) is 8.11. The number of hydrogen-bond acceptors (Lipinski definition) is 3. The molecular weight excluding hydrogens is 280 g/mol. The van der Waals surface area contributed by atoms with E-state index < -0.39 is 0 Å². The van der Waals surface area contributed by atoms with Crippen molar-refractivity contribution in [3.05, 3.63) is 46.1 Å². The number of hydrogen-bond donors (Lipinski definition) is 1. The molecule has 0 unspecified atom stereocenters. The van der Waals surface area contributed by atoms with Crippen LogP contribution in [0.1, 0.15) is 11.1 Å². The van der Waals surface area contributed by atoms with Gasteiger partial charge in [-0.05, 0) is 30.7 Å². The molecule has 1 heterocycles. The largest absolute Gasteiger partial charge is 0.505 e. The number of halogens is 1. The molecule has 1 aromatic carbocycles. The van der Waals surface area contributed by atoms with Crippen molar-refractivity contribution in [2.24, 2.45) is 0 Å². The number of aromatic hydroxyl groups is 1. The van der Waals surface area contributed by atoms with Gasteiger partial charge in [-0.2, -0.15) is 5.26 Å². The maximum atomic E-state index is 9.41. The van der Waals surface area contributed by atoms with Crippen LogP contribution >= 0.6 is 15.9 Å².